The van der Waals surface area contributed by atoms with Crippen LogP contribution >= 0.6 is 0 Å². The van der Waals surface area contributed by atoms with Crippen LogP contribution in [0.3, 0.4) is 0 Å². The zero-order valence-electron chi connectivity index (χ0n) is 14.7. The number of benzene rings is 1. The van der Waals surface area contributed by atoms with Gasteiger partial charge < -0.3 is 15.1 Å². The maximum absolute atomic E-state index is 12.9. The van der Waals surface area contributed by atoms with Crippen molar-refractivity contribution < 1.29 is 9.59 Å². The molecule has 1 aliphatic carbocycles. The Bertz CT molecular complexity index is 600. The fraction of sp³-hybridized carbons (Fsp3) is 0.579. The van der Waals surface area contributed by atoms with Gasteiger partial charge in [-0.1, -0.05) is 26.0 Å². The Morgan fingerprint density at radius 1 is 1.04 bits per heavy atom. The molecule has 1 heterocycles. The van der Waals surface area contributed by atoms with Gasteiger partial charge in [-0.15, -0.1) is 0 Å². The normalized spacial score (nSPS) is 19.8. The van der Waals surface area contributed by atoms with E-state index in [2.05, 4.69) is 24.1 Å². The standard InChI is InChI=1S/C19H27N3O2/c1-3-15-5-7-16(8-6-15)20-17(23)19(9-10-19)18(24)22-13-11-21(4-2)12-14-22/h5-8H,3-4,9-14H2,1-2H3,(H,20,23). The van der Waals surface area contributed by atoms with E-state index in [0.29, 0.717) is 12.8 Å². The molecule has 0 spiro atoms. The van der Waals surface area contributed by atoms with Crippen LogP contribution in [0.2, 0.25) is 0 Å². The first-order chi connectivity index (χ1) is 11.6. The predicted octanol–water partition coefficient (Wildman–Crippen LogP) is 2.13. The van der Waals surface area contributed by atoms with Gasteiger partial charge in [-0.05, 0) is 43.5 Å². The second-order valence-corrected chi connectivity index (χ2v) is 6.81. The van der Waals surface area contributed by atoms with Gasteiger partial charge in [0.1, 0.15) is 5.41 Å². The molecule has 2 amide bonds. The Kier molecular flexibility index (Phi) is 4.90. The molecule has 1 aromatic rings. The predicted molar refractivity (Wildman–Crippen MR) is 94.8 cm³/mol. The number of hydrogen-bond acceptors (Lipinski definition) is 3. The van der Waals surface area contributed by atoms with Crippen molar-refractivity contribution in [1.82, 2.24) is 9.80 Å². The van der Waals surface area contributed by atoms with Gasteiger partial charge in [0.2, 0.25) is 11.8 Å². The van der Waals surface area contributed by atoms with Gasteiger partial charge in [0, 0.05) is 31.9 Å². The number of carbonyl (C=O) groups is 2. The fourth-order valence-corrected chi connectivity index (χ4v) is 3.31. The molecule has 130 valence electrons. The first-order valence-corrected chi connectivity index (χ1v) is 9.01. The molecule has 0 aromatic heterocycles. The summed E-state index contributed by atoms with van der Waals surface area (Å²) in [6, 6.07) is 7.86. The SMILES string of the molecule is CCc1ccc(NC(=O)C2(C(=O)N3CCN(CC)CC3)CC2)cc1. The fourth-order valence-electron chi connectivity index (χ4n) is 3.31. The van der Waals surface area contributed by atoms with Crippen molar-refractivity contribution in [1.29, 1.82) is 0 Å². The molecule has 1 aromatic carbocycles. The van der Waals surface area contributed by atoms with Crippen LogP contribution in [0.15, 0.2) is 24.3 Å². The number of aryl methyl sites for hydroxylation is 1. The summed E-state index contributed by atoms with van der Waals surface area (Å²) in [5.74, 6) is -0.129. The smallest absolute Gasteiger partial charge is 0.240 e. The molecule has 3 rings (SSSR count). The minimum atomic E-state index is -0.822. The van der Waals surface area contributed by atoms with E-state index in [0.717, 1.165) is 44.8 Å². The van der Waals surface area contributed by atoms with Crippen LogP contribution in [0, 0.1) is 5.41 Å². The molecule has 0 unspecified atom stereocenters. The zero-order valence-corrected chi connectivity index (χ0v) is 14.7. The highest BCUT2D eigenvalue weighted by Gasteiger charge is 2.58. The maximum Gasteiger partial charge on any atom is 0.240 e. The van der Waals surface area contributed by atoms with Gasteiger partial charge in [0.25, 0.3) is 0 Å². The van der Waals surface area contributed by atoms with Gasteiger partial charge in [0.05, 0.1) is 0 Å². The summed E-state index contributed by atoms with van der Waals surface area (Å²) in [4.78, 5) is 29.7. The molecule has 5 heteroatoms. The largest absolute Gasteiger partial charge is 0.339 e. The number of carbonyl (C=O) groups excluding carboxylic acids is 2. The summed E-state index contributed by atoms with van der Waals surface area (Å²) < 4.78 is 0. The van der Waals surface area contributed by atoms with Crippen LogP contribution in [0.4, 0.5) is 5.69 Å². The van der Waals surface area contributed by atoms with Gasteiger partial charge in [0.15, 0.2) is 0 Å². The topological polar surface area (TPSA) is 52.7 Å². The van der Waals surface area contributed by atoms with E-state index in [1.165, 1.54) is 5.56 Å². The van der Waals surface area contributed by atoms with Gasteiger partial charge in [-0.2, -0.15) is 0 Å². The Morgan fingerprint density at radius 2 is 1.67 bits per heavy atom. The van der Waals surface area contributed by atoms with E-state index in [-0.39, 0.29) is 11.8 Å². The molecule has 1 aliphatic heterocycles. The highest BCUT2D eigenvalue weighted by atomic mass is 16.2. The lowest BCUT2D eigenvalue weighted by atomic mass is 10.0. The molecular weight excluding hydrogens is 302 g/mol. The van der Waals surface area contributed by atoms with Crippen molar-refractivity contribution in [2.45, 2.75) is 33.1 Å². The maximum atomic E-state index is 12.9. The van der Waals surface area contributed by atoms with E-state index in [4.69, 9.17) is 0 Å². The first-order valence-electron chi connectivity index (χ1n) is 9.01. The number of likely N-dealkylation sites (N-methyl/N-ethyl adjacent to an activating group) is 1. The lowest BCUT2D eigenvalue weighted by molar-refractivity contribution is -0.143. The molecule has 0 radical (unpaired) electrons. The summed E-state index contributed by atoms with van der Waals surface area (Å²) in [6.07, 6.45) is 2.30. The molecule has 0 atom stereocenters. The molecule has 2 fully saturated rings. The summed E-state index contributed by atoms with van der Waals surface area (Å²) in [5, 5.41) is 2.94. The average molecular weight is 329 g/mol. The highest BCUT2D eigenvalue weighted by molar-refractivity contribution is 6.13. The highest BCUT2D eigenvalue weighted by Crippen LogP contribution is 2.48. The third-order valence-corrected chi connectivity index (χ3v) is 5.32. The summed E-state index contributed by atoms with van der Waals surface area (Å²) in [7, 11) is 0. The molecule has 1 saturated carbocycles. The molecule has 24 heavy (non-hydrogen) atoms. The summed E-state index contributed by atoms with van der Waals surface area (Å²) >= 11 is 0. The van der Waals surface area contributed by atoms with Crippen molar-refractivity contribution >= 4 is 17.5 Å². The van der Waals surface area contributed by atoms with Gasteiger partial charge >= 0.3 is 0 Å². The first kappa shape index (κ1) is 17.0. The summed E-state index contributed by atoms with van der Waals surface area (Å²) in [6.45, 7) is 8.51. The molecule has 5 nitrogen and oxygen atoms in total. The molecule has 0 bridgehead atoms. The molecular formula is C19H27N3O2. The van der Waals surface area contributed by atoms with Gasteiger partial charge in [-0.3, -0.25) is 9.59 Å². The van der Waals surface area contributed by atoms with E-state index >= 15 is 0 Å². The van der Waals surface area contributed by atoms with Crippen molar-refractivity contribution in [3.05, 3.63) is 29.8 Å². The Labute approximate surface area is 144 Å². The zero-order chi connectivity index (χ0) is 17.2. The molecule has 1 saturated heterocycles. The van der Waals surface area contributed by atoms with Crippen molar-refractivity contribution in [3.8, 4) is 0 Å². The van der Waals surface area contributed by atoms with Crippen molar-refractivity contribution in [2.75, 3.05) is 38.0 Å². The van der Waals surface area contributed by atoms with Crippen molar-refractivity contribution in [2.24, 2.45) is 5.41 Å². The van der Waals surface area contributed by atoms with E-state index < -0.39 is 5.41 Å². The monoisotopic (exact) mass is 329 g/mol. The van der Waals surface area contributed by atoms with E-state index in [1.54, 1.807) is 0 Å². The Morgan fingerprint density at radius 3 is 2.17 bits per heavy atom. The van der Waals surface area contributed by atoms with Crippen molar-refractivity contribution in [3.63, 3.8) is 0 Å². The minimum Gasteiger partial charge on any atom is -0.339 e. The average Bonchev–Trinajstić information content (AvgIpc) is 3.44. The van der Waals surface area contributed by atoms with E-state index in [1.807, 2.05) is 29.2 Å². The number of amides is 2. The van der Waals surface area contributed by atoms with Crippen LogP contribution in [0.1, 0.15) is 32.3 Å². The van der Waals surface area contributed by atoms with E-state index in [9.17, 15) is 9.59 Å². The lowest BCUT2D eigenvalue weighted by Gasteiger charge is -2.35. The number of anilines is 1. The Hall–Kier alpha value is -1.88. The van der Waals surface area contributed by atoms with Crippen LogP contribution in [0.25, 0.3) is 0 Å². The third-order valence-electron chi connectivity index (χ3n) is 5.32. The Balaban J connectivity index is 1.62. The second kappa shape index (κ2) is 6.93. The number of hydrogen-bond donors (Lipinski definition) is 1. The van der Waals surface area contributed by atoms with Crippen LogP contribution in [0.5, 0.6) is 0 Å². The number of nitrogens with one attached hydrogen (secondary N) is 1. The quantitative estimate of drug-likeness (QED) is 0.842. The van der Waals surface area contributed by atoms with Crippen LogP contribution in [-0.2, 0) is 16.0 Å². The number of nitrogens with zero attached hydrogens (tertiary/aromatic N) is 2. The minimum absolute atomic E-state index is 0.0148. The van der Waals surface area contributed by atoms with Crippen LogP contribution in [-0.4, -0.2) is 54.3 Å². The lowest BCUT2D eigenvalue weighted by Crippen LogP contribution is -2.52. The molecule has 2 aliphatic rings. The molecule has 1 N–H and O–H groups in total. The number of piperazine rings is 1. The number of rotatable bonds is 5. The summed E-state index contributed by atoms with van der Waals surface area (Å²) in [5.41, 5.74) is 1.18. The van der Waals surface area contributed by atoms with Gasteiger partial charge in [-0.25, -0.2) is 0 Å². The van der Waals surface area contributed by atoms with Crippen LogP contribution < -0.4 is 5.32 Å². The third kappa shape index (κ3) is 3.31. The second-order valence-electron chi connectivity index (χ2n) is 6.81.